The molecule has 1 saturated heterocycles. The summed E-state index contributed by atoms with van der Waals surface area (Å²) in [5.41, 5.74) is -0.596. The molecule has 2 atom stereocenters. The monoisotopic (exact) mass is 592 g/mol. The van der Waals surface area contributed by atoms with Crippen molar-refractivity contribution in [3.63, 3.8) is 0 Å². The summed E-state index contributed by atoms with van der Waals surface area (Å²) < 4.78 is 41.7. The van der Waals surface area contributed by atoms with E-state index in [-0.39, 0.29) is 40.9 Å². The Labute approximate surface area is 238 Å². The van der Waals surface area contributed by atoms with Crippen LogP contribution in [0.4, 0.5) is 29.1 Å². The minimum Gasteiger partial charge on any atom is -0.465 e. The van der Waals surface area contributed by atoms with Gasteiger partial charge in [-0.1, -0.05) is 17.4 Å². The fraction of sp³-hybridized carbons (Fsp3) is 0.423. The van der Waals surface area contributed by atoms with E-state index >= 15 is 0 Å². The van der Waals surface area contributed by atoms with Gasteiger partial charge in [-0.15, -0.1) is 0 Å². The Kier molecular flexibility index (Phi) is 8.87. The predicted molar refractivity (Wildman–Crippen MR) is 146 cm³/mol. The van der Waals surface area contributed by atoms with Crippen LogP contribution in [0.5, 0.6) is 0 Å². The first kappa shape index (κ1) is 29.9. The highest BCUT2D eigenvalue weighted by molar-refractivity contribution is 7.19. The molecule has 0 spiro atoms. The number of benzene rings is 1. The molecule has 2 unspecified atom stereocenters. The van der Waals surface area contributed by atoms with Gasteiger partial charge in [0.1, 0.15) is 27.2 Å². The molecule has 3 heterocycles. The molecule has 3 aromatic rings. The summed E-state index contributed by atoms with van der Waals surface area (Å²) in [6.45, 7) is 5.45. The van der Waals surface area contributed by atoms with E-state index < -0.39 is 40.9 Å². The Hall–Kier alpha value is -4.11. The topological polar surface area (TPSA) is 157 Å². The van der Waals surface area contributed by atoms with Gasteiger partial charge in [-0.05, 0) is 45.7 Å². The van der Waals surface area contributed by atoms with E-state index in [1.165, 1.54) is 12.3 Å². The van der Waals surface area contributed by atoms with Crippen molar-refractivity contribution in [3.8, 4) is 10.6 Å². The summed E-state index contributed by atoms with van der Waals surface area (Å²) in [6, 6.07) is 2.95. The van der Waals surface area contributed by atoms with Crippen LogP contribution in [0.2, 0.25) is 0 Å². The average molecular weight is 593 g/mol. The number of hydrogen-bond donors (Lipinski definition) is 4. The van der Waals surface area contributed by atoms with Crippen LogP contribution in [0, 0.1) is 11.6 Å². The maximum absolute atomic E-state index is 14.6. The van der Waals surface area contributed by atoms with Crippen LogP contribution < -0.4 is 16.0 Å². The number of nitrogens with one attached hydrogen (secondary N) is 3. The number of carbonyl (C=O) groups excluding carboxylic acids is 2. The van der Waals surface area contributed by atoms with Gasteiger partial charge in [0.2, 0.25) is 0 Å². The zero-order valence-electron chi connectivity index (χ0n) is 22.8. The number of halogens is 2. The minimum atomic E-state index is -1.14. The van der Waals surface area contributed by atoms with Crippen molar-refractivity contribution in [2.24, 2.45) is 7.05 Å². The molecule has 3 amide bonds. The summed E-state index contributed by atoms with van der Waals surface area (Å²) >= 11 is 0.720. The van der Waals surface area contributed by atoms with Crippen LogP contribution in [-0.4, -0.2) is 62.8 Å². The van der Waals surface area contributed by atoms with E-state index in [4.69, 9.17) is 14.6 Å². The first-order valence-electron chi connectivity index (χ1n) is 12.7. The van der Waals surface area contributed by atoms with Gasteiger partial charge in [0.25, 0.3) is 5.91 Å². The van der Waals surface area contributed by atoms with Crippen LogP contribution in [0.15, 0.2) is 24.4 Å². The molecule has 2 aromatic heterocycles. The predicted octanol–water partition coefficient (Wildman–Crippen LogP) is 4.95. The minimum absolute atomic E-state index is 0.0692. The van der Waals surface area contributed by atoms with E-state index in [2.05, 4.69) is 26.0 Å². The average Bonchev–Trinajstić information content (AvgIpc) is 3.34. The second-order valence-electron chi connectivity index (χ2n) is 10.4. The number of anilines is 2. The van der Waals surface area contributed by atoms with Gasteiger partial charge < -0.3 is 25.2 Å². The van der Waals surface area contributed by atoms with Gasteiger partial charge in [0.05, 0.1) is 42.4 Å². The molecule has 4 rings (SSSR count). The summed E-state index contributed by atoms with van der Waals surface area (Å²) in [6.07, 6.45) is 0.475. The second-order valence-corrected chi connectivity index (χ2v) is 11.4. The highest BCUT2D eigenvalue weighted by atomic mass is 32.1. The van der Waals surface area contributed by atoms with Crippen molar-refractivity contribution in [2.75, 3.05) is 23.8 Å². The van der Waals surface area contributed by atoms with Gasteiger partial charge in [0, 0.05) is 13.0 Å². The first-order valence-corrected chi connectivity index (χ1v) is 13.5. The van der Waals surface area contributed by atoms with Gasteiger partial charge in [-0.3, -0.25) is 14.8 Å². The lowest BCUT2D eigenvalue weighted by Gasteiger charge is -2.19. The van der Waals surface area contributed by atoms with Crippen molar-refractivity contribution < 1.29 is 37.7 Å². The summed E-state index contributed by atoms with van der Waals surface area (Å²) in [5, 5.41) is 20.7. The van der Waals surface area contributed by atoms with E-state index in [1.54, 1.807) is 32.5 Å². The van der Waals surface area contributed by atoms with Crippen LogP contribution >= 0.6 is 11.3 Å². The maximum atomic E-state index is 14.6. The van der Waals surface area contributed by atoms with Crippen molar-refractivity contribution in [1.82, 2.24) is 20.1 Å². The largest absolute Gasteiger partial charge is 0.465 e. The van der Waals surface area contributed by atoms with Crippen molar-refractivity contribution in [3.05, 3.63) is 47.4 Å². The van der Waals surface area contributed by atoms with E-state index in [0.717, 1.165) is 23.5 Å². The van der Waals surface area contributed by atoms with Crippen LogP contribution in [0.3, 0.4) is 0 Å². The van der Waals surface area contributed by atoms with Crippen LogP contribution in [-0.2, 0) is 16.5 Å². The third-order valence-corrected chi connectivity index (χ3v) is 7.07. The number of ether oxygens (including phenoxy) is 2. The molecular formula is C26H30F2N6O6S. The number of carboxylic acid groups (broad SMARTS) is 1. The maximum Gasteiger partial charge on any atom is 0.412 e. The number of rotatable bonds is 6. The molecule has 1 aromatic carbocycles. The quantitative estimate of drug-likeness (QED) is 0.313. The lowest BCUT2D eigenvalue weighted by molar-refractivity contribution is 0.0636. The van der Waals surface area contributed by atoms with Gasteiger partial charge >= 0.3 is 12.2 Å². The highest BCUT2D eigenvalue weighted by Crippen LogP contribution is 2.37. The molecule has 1 fully saturated rings. The van der Waals surface area contributed by atoms with Crippen molar-refractivity contribution >= 4 is 40.1 Å². The normalized spacial score (nSPS) is 17.4. The Bertz CT molecular complexity index is 1430. The zero-order valence-corrected chi connectivity index (χ0v) is 23.6. The molecule has 1 aliphatic rings. The lowest BCUT2D eigenvalue weighted by Crippen LogP contribution is -2.36. The van der Waals surface area contributed by atoms with Crippen LogP contribution in [0.1, 0.15) is 55.7 Å². The van der Waals surface area contributed by atoms with Crippen molar-refractivity contribution in [2.45, 2.75) is 51.2 Å². The number of carbonyl (C=O) groups is 3. The van der Waals surface area contributed by atoms with E-state index in [0.29, 0.717) is 24.2 Å². The number of nitrogens with zero attached hydrogens (tertiary/aromatic N) is 3. The number of aryl methyl sites for hydroxylation is 1. The molecule has 12 nitrogen and oxygen atoms in total. The molecule has 41 heavy (non-hydrogen) atoms. The molecule has 220 valence electrons. The molecule has 0 radical (unpaired) electrons. The van der Waals surface area contributed by atoms with Gasteiger partial charge in [-0.25, -0.2) is 23.4 Å². The SMILES string of the molecule is Cn1ncc(NC(=O)c2nc(-c3c(F)cccc3F)sc2NC(=O)OC(C)(C)C)c1C1CCC(NC(=O)O)COC1. The number of thiazole rings is 1. The standard InChI is InChI=1S/C26H30F2N6O6S/c1-26(2,3)40-25(38)33-23-19(32-22(41-23)18-15(27)6-5-7-16(18)28)21(35)31-17-10-29-34(4)20(17)13-8-9-14(12-39-11-13)30-24(36)37/h5-7,10,13-14,30H,8-9,11-12H2,1-4H3,(H,31,35)(H,33,38)(H,36,37). The van der Waals surface area contributed by atoms with Gasteiger partial charge in [-0.2, -0.15) is 5.10 Å². The van der Waals surface area contributed by atoms with E-state index in [9.17, 15) is 23.2 Å². The molecule has 0 bridgehead atoms. The fourth-order valence-corrected chi connectivity index (χ4v) is 5.40. The van der Waals surface area contributed by atoms with Crippen molar-refractivity contribution in [1.29, 1.82) is 0 Å². The Balaban J connectivity index is 1.63. The second kappa shape index (κ2) is 12.2. The van der Waals surface area contributed by atoms with E-state index in [1.807, 2.05) is 0 Å². The number of amides is 3. The summed E-state index contributed by atoms with van der Waals surface area (Å²) in [5.74, 6) is -2.75. The smallest absolute Gasteiger partial charge is 0.412 e. The number of hydrogen-bond acceptors (Lipinski definition) is 8. The molecular weight excluding hydrogens is 562 g/mol. The van der Waals surface area contributed by atoms with Gasteiger partial charge in [0.15, 0.2) is 5.69 Å². The molecule has 1 aliphatic heterocycles. The fourth-order valence-electron chi connectivity index (χ4n) is 4.40. The third-order valence-electron chi connectivity index (χ3n) is 6.08. The Morgan fingerprint density at radius 2 is 1.85 bits per heavy atom. The number of aromatic nitrogens is 3. The molecule has 15 heteroatoms. The zero-order chi connectivity index (χ0) is 29.9. The molecule has 0 aliphatic carbocycles. The first-order chi connectivity index (χ1) is 19.3. The Morgan fingerprint density at radius 3 is 2.51 bits per heavy atom. The third kappa shape index (κ3) is 7.35. The highest BCUT2D eigenvalue weighted by Gasteiger charge is 2.29. The van der Waals surface area contributed by atoms with Crippen LogP contribution in [0.25, 0.3) is 10.6 Å². The Morgan fingerprint density at radius 1 is 1.15 bits per heavy atom. The molecule has 0 saturated carbocycles. The lowest BCUT2D eigenvalue weighted by atomic mass is 9.97. The summed E-state index contributed by atoms with van der Waals surface area (Å²) in [7, 11) is 1.69. The summed E-state index contributed by atoms with van der Waals surface area (Å²) in [4.78, 5) is 41.3. The molecule has 4 N–H and O–H groups in total.